The van der Waals surface area contributed by atoms with Crippen molar-refractivity contribution in [2.24, 2.45) is 7.05 Å². The summed E-state index contributed by atoms with van der Waals surface area (Å²) in [4.78, 5) is 17.4. The van der Waals surface area contributed by atoms with Crippen LogP contribution in [0.15, 0.2) is 12.4 Å². The Bertz CT molecular complexity index is 573. The van der Waals surface area contributed by atoms with Gasteiger partial charge in [0.25, 0.3) is 5.91 Å². The number of hydrogen-bond acceptors (Lipinski definition) is 4. The van der Waals surface area contributed by atoms with Crippen LogP contribution in [0.3, 0.4) is 0 Å². The molecule has 1 N–H and O–H groups in total. The summed E-state index contributed by atoms with van der Waals surface area (Å²) >= 11 is 1.45. The van der Waals surface area contributed by atoms with Crippen LogP contribution in [0.5, 0.6) is 0 Å². The molecule has 0 saturated carbocycles. The van der Waals surface area contributed by atoms with Crippen LogP contribution >= 0.6 is 11.3 Å². The molecule has 0 aliphatic rings. The van der Waals surface area contributed by atoms with Crippen LogP contribution in [0.1, 0.15) is 40.1 Å². The van der Waals surface area contributed by atoms with E-state index in [0.29, 0.717) is 5.69 Å². The van der Waals surface area contributed by atoms with Crippen LogP contribution < -0.4 is 5.32 Å². The number of aromatic nitrogens is 3. The molecule has 2 aromatic rings. The maximum Gasteiger partial charge on any atom is 0.267 e. The normalized spacial score (nSPS) is 10.7. The summed E-state index contributed by atoms with van der Waals surface area (Å²) in [6, 6.07) is 0. The quantitative estimate of drug-likeness (QED) is 0.915. The van der Waals surface area contributed by atoms with E-state index in [1.807, 2.05) is 14.0 Å². The molecule has 0 unspecified atom stereocenters. The second kappa shape index (κ2) is 5.97. The monoisotopic (exact) mass is 278 g/mol. The molecule has 2 heterocycles. The Hall–Kier alpha value is -1.69. The number of aryl methyl sites for hydroxylation is 3. The van der Waals surface area contributed by atoms with Crippen molar-refractivity contribution in [1.29, 1.82) is 0 Å². The molecule has 6 heteroatoms. The number of nitrogens with zero attached hydrogens (tertiary/aromatic N) is 3. The fourth-order valence-electron chi connectivity index (χ4n) is 1.83. The summed E-state index contributed by atoms with van der Waals surface area (Å²) < 4.78 is 1.66. The van der Waals surface area contributed by atoms with Gasteiger partial charge in [0.05, 0.1) is 22.6 Å². The Labute approximate surface area is 116 Å². The van der Waals surface area contributed by atoms with Gasteiger partial charge in [-0.2, -0.15) is 5.10 Å². The van der Waals surface area contributed by atoms with Crippen molar-refractivity contribution in [2.45, 2.75) is 33.1 Å². The molecule has 2 aromatic heterocycles. The molecule has 2 rings (SSSR count). The molecule has 5 nitrogen and oxygen atoms in total. The highest BCUT2D eigenvalue weighted by Crippen LogP contribution is 2.21. The van der Waals surface area contributed by atoms with Gasteiger partial charge in [-0.1, -0.05) is 13.3 Å². The topological polar surface area (TPSA) is 59.8 Å². The highest BCUT2D eigenvalue weighted by molar-refractivity contribution is 7.13. The molecule has 19 heavy (non-hydrogen) atoms. The first-order chi connectivity index (χ1) is 9.10. The van der Waals surface area contributed by atoms with E-state index in [2.05, 4.69) is 22.3 Å². The smallest absolute Gasteiger partial charge is 0.267 e. The van der Waals surface area contributed by atoms with Gasteiger partial charge in [-0.25, -0.2) is 4.98 Å². The molecule has 0 aliphatic carbocycles. The lowest BCUT2D eigenvalue weighted by atomic mass is 10.2. The van der Waals surface area contributed by atoms with E-state index in [0.717, 1.165) is 34.8 Å². The van der Waals surface area contributed by atoms with Crippen LogP contribution in [0.25, 0.3) is 0 Å². The van der Waals surface area contributed by atoms with Crippen molar-refractivity contribution >= 4 is 22.9 Å². The minimum atomic E-state index is -0.0929. The summed E-state index contributed by atoms with van der Waals surface area (Å²) in [6.45, 7) is 4.07. The number of hydrogen-bond donors (Lipinski definition) is 1. The van der Waals surface area contributed by atoms with Crippen molar-refractivity contribution in [2.75, 3.05) is 5.32 Å². The average Bonchev–Trinajstić information content (AvgIpc) is 2.93. The zero-order chi connectivity index (χ0) is 13.8. The maximum absolute atomic E-state index is 12.2. The van der Waals surface area contributed by atoms with Gasteiger partial charge in [-0.15, -0.1) is 11.3 Å². The van der Waals surface area contributed by atoms with Gasteiger partial charge in [0.2, 0.25) is 0 Å². The molecule has 102 valence electrons. The summed E-state index contributed by atoms with van der Waals surface area (Å²) in [5, 5.41) is 7.82. The number of carbonyl (C=O) groups is 1. The lowest BCUT2D eigenvalue weighted by Gasteiger charge is -2.02. The number of thiazole rings is 1. The fourth-order valence-corrected chi connectivity index (χ4v) is 2.70. The average molecular weight is 278 g/mol. The third-order valence-corrected chi connectivity index (χ3v) is 3.75. The molecular formula is C13H18N4OS. The van der Waals surface area contributed by atoms with Gasteiger partial charge in [-0.05, 0) is 19.8 Å². The van der Waals surface area contributed by atoms with Gasteiger partial charge in [-0.3, -0.25) is 9.48 Å². The highest BCUT2D eigenvalue weighted by Gasteiger charge is 2.16. The molecule has 0 radical (unpaired) electrons. The van der Waals surface area contributed by atoms with E-state index in [1.54, 1.807) is 17.1 Å². The first kappa shape index (κ1) is 13.7. The van der Waals surface area contributed by atoms with Crippen molar-refractivity contribution in [3.05, 3.63) is 28.0 Å². The minimum Gasteiger partial charge on any atom is -0.319 e. The Kier molecular flexibility index (Phi) is 4.31. The third-order valence-electron chi connectivity index (χ3n) is 2.74. The van der Waals surface area contributed by atoms with Gasteiger partial charge < -0.3 is 5.32 Å². The van der Waals surface area contributed by atoms with E-state index in [-0.39, 0.29) is 5.91 Å². The first-order valence-corrected chi connectivity index (χ1v) is 7.18. The lowest BCUT2D eigenvalue weighted by molar-refractivity contribution is 0.102. The Morgan fingerprint density at radius 3 is 2.95 bits per heavy atom. The standard InChI is InChI=1S/C13H18N4OS/c1-4-5-6-11-12(19-9(2)15-11)13(18)16-10-7-14-17(3)8-10/h7-8H,4-6H2,1-3H3,(H,16,18). The van der Waals surface area contributed by atoms with Crippen LogP contribution in [-0.4, -0.2) is 20.7 Å². The second-order valence-corrected chi connectivity index (χ2v) is 5.67. The first-order valence-electron chi connectivity index (χ1n) is 6.36. The molecule has 1 amide bonds. The van der Waals surface area contributed by atoms with E-state index in [1.165, 1.54) is 11.3 Å². The second-order valence-electron chi connectivity index (χ2n) is 4.47. The van der Waals surface area contributed by atoms with Crippen LogP contribution in [0, 0.1) is 6.92 Å². The zero-order valence-electron chi connectivity index (χ0n) is 11.4. The third kappa shape index (κ3) is 3.41. The van der Waals surface area contributed by atoms with Crippen molar-refractivity contribution < 1.29 is 4.79 Å². The lowest BCUT2D eigenvalue weighted by Crippen LogP contribution is -2.12. The fraction of sp³-hybridized carbons (Fsp3) is 0.462. The molecule has 0 saturated heterocycles. The molecular weight excluding hydrogens is 260 g/mol. The zero-order valence-corrected chi connectivity index (χ0v) is 12.3. The van der Waals surface area contributed by atoms with Gasteiger partial charge in [0, 0.05) is 13.2 Å². The minimum absolute atomic E-state index is 0.0929. The highest BCUT2D eigenvalue weighted by atomic mass is 32.1. The molecule has 0 fully saturated rings. The van der Waals surface area contributed by atoms with Crippen molar-refractivity contribution in [1.82, 2.24) is 14.8 Å². The summed E-state index contributed by atoms with van der Waals surface area (Å²) in [5.74, 6) is -0.0929. The number of unbranched alkanes of at least 4 members (excludes halogenated alkanes) is 1. The van der Waals surface area contributed by atoms with Gasteiger partial charge >= 0.3 is 0 Å². The number of amides is 1. The van der Waals surface area contributed by atoms with E-state index >= 15 is 0 Å². The Balaban J connectivity index is 2.13. The van der Waals surface area contributed by atoms with E-state index in [4.69, 9.17) is 0 Å². The number of rotatable bonds is 5. The van der Waals surface area contributed by atoms with Gasteiger partial charge in [0.15, 0.2) is 0 Å². The Morgan fingerprint density at radius 2 is 2.32 bits per heavy atom. The number of anilines is 1. The van der Waals surface area contributed by atoms with Crippen LogP contribution in [-0.2, 0) is 13.5 Å². The summed E-state index contributed by atoms with van der Waals surface area (Å²) in [5.41, 5.74) is 1.62. The number of nitrogens with one attached hydrogen (secondary N) is 1. The predicted molar refractivity (Wildman–Crippen MR) is 76.6 cm³/mol. The Morgan fingerprint density at radius 1 is 1.53 bits per heavy atom. The summed E-state index contributed by atoms with van der Waals surface area (Å²) in [6.07, 6.45) is 6.42. The van der Waals surface area contributed by atoms with E-state index in [9.17, 15) is 4.79 Å². The SMILES string of the molecule is CCCCc1nc(C)sc1C(=O)Nc1cnn(C)c1. The predicted octanol–water partition coefficient (Wildman–Crippen LogP) is 2.78. The number of carbonyl (C=O) groups excluding carboxylic acids is 1. The van der Waals surface area contributed by atoms with Crippen LogP contribution in [0.4, 0.5) is 5.69 Å². The molecule has 0 spiro atoms. The molecule has 0 atom stereocenters. The molecule has 0 aromatic carbocycles. The van der Waals surface area contributed by atoms with Crippen LogP contribution in [0.2, 0.25) is 0 Å². The maximum atomic E-state index is 12.2. The largest absolute Gasteiger partial charge is 0.319 e. The van der Waals surface area contributed by atoms with Crippen molar-refractivity contribution in [3.8, 4) is 0 Å². The molecule has 0 bridgehead atoms. The molecule has 0 aliphatic heterocycles. The van der Waals surface area contributed by atoms with Gasteiger partial charge in [0.1, 0.15) is 4.88 Å². The van der Waals surface area contributed by atoms with E-state index < -0.39 is 0 Å². The van der Waals surface area contributed by atoms with Crippen molar-refractivity contribution in [3.63, 3.8) is 0 Å². The summed E-state index contributed by atoms with van der Waals surface area (Å²) in [7, 11) is 1.82.